The number of hydrogen-bond acceptors (Lipinski definition) is 5. The summed E-state index contributed by atoms with van der Waals surface area (Å²) in [4.78, 5) is 0. The molecule has 1 N–H and O–H groups in total. The van der Waals surface area contributed by atoms with Crippen molar-refractivity contribution in [2.24, 2.45) is 0 Å². The van der Waals surface area contributed by atoms with Crippen LogP contribution in [0.5, 0.6) is 5.88 Å². The summed E-state index contributed by atoms with van der Waals surface area (Å²) in [6.07, 6.45) is -0.499. The lowest BCUT2D eigenvalue weighted by atomic mass is 10.1. The van der Waals surface area contributed by atoms with Crippen LogP contribution in [-0.4, -0.2) is 34.6 Å². The lowest BCUT2D eigenvalue weighted by Crippen LogP contribution is -2.21. The molecule has 0 saturated heterocycles. The van der Waals surface area contributed by atoms with Crippen LogP contribution in [0, 0.1) is 0 Å². The van der Waals surface area contributed by atoms with Crippen molar-refractivity contribution in [3.8, 4) is 5.88 Å². The SMILES string of the molecule is FC(F)(F)CCCCCOc1nsnc1C1=CCCNC1. The van der Waals surface area contributed by atoms with E-state index < -0.39 is 12.6 Å². The number of aromatic nitrogens is 2. The zero-order valence-corrected chi connectivity index (χ0v) is 12.4. The summed E-state index contributed by atoms with van der Waals surface area (Å²) >= 11 is 1.09. The lowest BCUT2D eigenvalue weighted by molar-refractivity contribution is -0.135. The number of nitrogens with one attached hydrogen (secondary N) is 1. The molecule has 1 aliphatic heterocycles. The first-order chi connectivity index (χ1) is 10.1. The fourth-order valence-electron chi connectivity index (χ4n) is 2.07. The minimum absolute atomic E-state index is 0.143. The number of nitrogens with zero attached hydrogens (tertiary/aromatic N) is 2. The third-order valence-electron chi connectivity index (χ3n) is 3.13. The fraction of sp³-hybridized carbons (Fsp3) is 0.692. The Kier molecular flexibility index (Phi) is 5.98. The van der Waals surface area contributed by atoms with Crippen LogP contribution in [-0.2, 0) is 0 Å². The molecule has 0 aliphatic carbocycles. The molecule has 1 aliphatic rings. The normalized spacial score (nSPS) is 15.9. The molecule has 0 atom stereocenters. The first-order valence-electron chi connectivity index (χ1n) is 6.98. The van der Waals surface area contributed by atoms with Crippen LogP contribution in [0.4, 0.5) is 13.2 Å². The Hall–Kier alpha value is -1.15. The molecule has 0 unspecified atom stereocenters. The van der Waals surface area contributed by atoms with Crippen molar-refractivity contribution in [2.75, 3.05) is 19.7 Å². The second-order valence-electron chi connectivity index (χ2n) is 4.89. The molecule has 0 fully saturated rings. The van der Waals surface area contributed by atoms with Gasteiger partial charge in [-0.25, -0.2) is 0 Å². The van der Waals surface area contributed by atoms with Crippen LogP contribution < -0.4 is 10.1 Å². The maximum Gasteiger partial charge on any atom is 0.389 e. The molecular weight excluding hydrogens is 303 g/mol. The van der Waals surface area contributed by atoms with Gasteiger partial charge in [0.1, 0.15) is 5.69 Å². The first-order valence-corrected chi connectivity index (χ1v) is 7.71. The van der Waals surface area contributed by atoms with Crippen LogP contribution >= 0.6 is 11.7 Å². The van der Waals surface area contributed by atoms with Gasteiger partial charge in [0.2, 0.25) is 0 Å². The Morgan fingerprint density at radius 3 is 2.81 bits per heavy atom. The molecule has 1 aromatic heterocycles. The van der Waals surface area contributed by atoms with Gasteiger partial charge in [-0.3, -0.25) is 0 Å². The molecular formula is C13H18F3N3OS. The van der Waals surface area contributed by atoms with E-state index in [1.807, 2.05) is 0 Å². The second kappa shape index (κ2) is 7.74. The molecule has 0 radical (unpaired) electrons. The summed E-state index contributed by atoms with van der Waals surface area (Å²) in [5, 5.41) is 3.25. The molecule has 2 heterocycles. The van der Waals surface area contributed by atoms with Gasteiger partial charge in [0.25, 0.3) is 5.88 Å². The fourth-order valence-corrected chi connectivity index (χ4v) is 2.60. The van der Waals surface area contributed by atoms with Gasteiger partial charge in [-0.1, -0.05) is 6.08 Å². The zero-order valence-electron chi connectivity index (χ0n) is 11.6. The summed E-state index contributed by atoms with van der Waals surface area (Å²) in [6, 6.07) is 0. The molecule has 4 nitrogen and oxygen atoms in total. The third-order valence-corrected chi connectivity index (χ3v) is 3.64. The van der Waals surface area contributed by atoms with Crippen molar-refractivity contribution in [1.82, 2.24) is 14.1 Å². The maximum absolute atomic E-state index is 12.0. The maximum atomic E-state index is 12.0. The number of rotatable bonds is 7. The van der Waals surface area contributed by atoms with Crippen LogP contribution in [0.1, 0.15) is 37.8 Å². The van der Waals surface area contributed by atoms with Gasteiger partial charge in [0, 0.05) is 13.0 Å². The van der Waals surface area contributed by atoms with Gasteiger partial charge in [-0.05, 0) is 37.8 Å². The summed E-state index contributed by atoms with van der Waals surface area (Å²) in [7, 11) is 0. The predicted octanol–water partition coefficient (Wildman–Crippen LogP) is 3.42. The highest BCUT2D eigenvalue weighted by Gasteiger charge is 2.25. The number of hydrogen-bond donors (Lipinski definition) is 1. The van der Waals surface area contributed by atoms with E-state index in [0.717, 1.165) is 42.5 Å². The molecule has 0 amide bonds. The summed E-state index contributed by atoms with van der Waals surface area (Å²) in [5.74, 6) is 0.491. The van der Waals surface area contributed by atoms with Crippen molar-refractivity contribution >= 4 is 17.3 Å². The van der Waals surface area contributed by atoms with E-state index in [2.05, 4.69) is 20.1 Å². The first kappa shape index (κ1) is 16.2. The number of unbranched alkanes of at least 4 members (excludes halogenated alkanes) is 2. The largest absolute Gasteiger partial charge is 0.475 e. The van der Waals surface area contributed by atoms with Crippen molar-refractivity contribution < 1.29 is 17.9 Å². The quantitative estimate of drug-likeness (QED) is 0.782. The van der Waals surface area contributed by atoms with E-state index in [4.69, 9.17) is 4.74 Å². The molecule has 0 aromatic carbocycles. The summed E-state index contributed by atoms with van der Waals surface area (Å²) in [5.41, 5.74) is 1.82. The molecule has 0 bridgehead atoms. The number of ether oxygens (including phenoxy) is 1. The van der Waals surface area contributed by atoms with Crippen molar-refractivity contribution in [3.05, 3.63) is 11.8 Å². The third kappa shape index (κ3) is 5.62. The Labute approximate surface area is 125 Å². The predicted molar refractivity (Wildman–Crippen MR) is 75.4 cm³/mol. The van der Waals surface area contributed by atoms with Gasteiger partial charge in [-0.15, -0.1) is 4.37 Å². The van der Waals surface area contributed by atoms with E-state index in [-0.39, 0.29) is 6.42 Å². The standard InChI is InChI=1S/C13H18F3N3OS/c14-13(15,16)6-2-1-3-8-20-12-11(18-21-19-12)10-5-4-7-17-9-10/h5,17H,1-4,6-9H2. The molecule has 0 saturated carbocycles. The van der Waals surface area contributed by atoms with Gasteiger partial charge in [0.05, 0.1) is 18.3 Å². The molecule has 21 heavy (non-hydrogen) atoms. The van der Waals surface area contributed by atoms with E-state index in [9.17, 15) is 13.2 Å². The van der Waals surface area contributed by atoms with Gasteiger partial charge >= 0.3 is 6.18 Å². The highest BCUT2D eigenvalue weighted by atomic mass is 32.1. The Morgan fingerprint density at radius 2 is 2.10 bits per heavy atom. The molecule has 0 spiro atoms. The molecule has 2 rings (SSSR count). The Balaban J connectivity index is 1.72. The van der Waals surface area contributed by atoms with E-state index >= 15 is 0 Å². The van der Waals surface area contributed by atoms with Gasteiger partial charge in [-0.2, -0.15) is 17.5 Å². The van der Waals surface area contributed by atoms with Crippen molar-refractivity contribution in [3.63, 3.8) is 0 Å². The Morgan fingerprint density at radius 1 is 1.24 bits per heavy atom. The van der Waals surface area contributed by atoms with Crippen molar-refractivity contribution in [1.29, 1.82) is 0 Å². The summed E-state index contributed by atoms with van der Waals surface area (Å²) in [6.45, 7) is 2.07. The minimum Gasteiger partial charge on any atom is -0.475 e. The lowest BCUT2D eigenvalue weighted by Gasteiger charge is -2.13. The molecule has 1 aromatic rings. The molecule has 118 valence electrons. The highest BCUT2D eigenvalue weighted by molar-refractivity contribution is 6.99. The average Bonchev–Trinajstić information content (AvgIpc) is 2.91. The smallest absolute Gasteiger partial charge is 0.389 e. The van der Waals surface area contributed by atoms with Crippen LogP contribution in [0.15, 0.2) is 6.08 Å². The number of alkyl halides is 3. The summed E-state index contributed by atoms with van der Waals surface area (Å²) < 4.78 is 49.9. The van der Waals surface area contributed by atoms with Crippen LogP contribution in [0.2, 0.25) is 0 Å². The number of halogens is 3. The van der Waals surface area contributed by atoms with E-state index in [1.54, 1.807) is 0 Å². The van der Waals surface area contributed by atoms with Gasteiger partial charge in [0.15, 0.2) is 0 Å². The van der Waals surface area contributed by atoms with E-state index in [1.165, 1.54) is 0 Å². The Bertz CT molecular complexity index is 473. The topological polar surface area (TPSA) is 47.0 Å². The highest BCUT2D eigenvalue weighted by Crippen LogP contribution is 2.26. The van der Waals surface area contributed by atoms with E-state index in [0.29, 0.717) is 25.3 Å². The molecule has 8 heteroatoms. The van der Waals surface area contributed by atoms with Crippen molar-refractivity contribution in [2.45, 2.75) is 38.3 Å². The monoisotopic (exact) mass is 321 g/mol. The zero-order chi connectivity index (χ0) is 15.1. The minimum atomic E-state index is -4.06. The second-order valence-corrected chi connectivity index (χ2v) is 5.42. The van der Waals surface area contributed by atoms with Crippen LogP contribution in [0.25, 0.3) is 5.57 Å². The van der Waals surface area contributed by atoms with Crippen LogP contribution in [0.3, 0.4) is 0 Å². The average molecular weight is 321 g/mol. The van der Waals surface area contributed by atoms with Gasteiger partial charge < -0.3 is 10.1 Å².